The first-order valence-electron chi connectivity index (χ1n) is 6.32. The molecule has 5 nitrogen and oxygen atoms in total. The van der Waals surface area contributed by atoms with Crippen LogP contribution in [0.25, 0.3) is 0 Å². The lowest BCUT2D eigenvalue weighted by Gasteiger charge is -2.18. The van der Waals surface area contributed by atoms with Crippen molar-refractivity contribution in [2.75, 3.05) is 12.8 Å². The Hall–Kier alpha value is -1.47. The lowest BCUT2D eigenvalue weighted by Crippen LogP contribution is -2.37. The van der Waals surface area contributed by atoms with Gasteiger partial charge in [-0.15, -0.1) is 0 Å². The molecule has 20 heavy (non-hydrogen) atoms. The predicted octanol–water partition coefficient (Wildman–Crippen LogP) is 0.768. The molecule has 2 atom stereocenters. The summed E-state index contributed by atoms with van der Waals surface area (Å²) < 4.78 is 36.5. The standard InChI is InChI=1S/C13H17FN2O3S/c1-8(16-11-5-6-15-13(11)17)9-3-4-12(10(14)7-9)20(2,18)19/h3-4,7-8,11,16H,5-6H2,1-2H3,(H,15,17)/t8-,11-/m0/s1. The second kappa shape index (κ2) is 5.49. The van der Waals surface area contributed by atoms with Gasteiger partial charge in [0, 0.05) is 18.8 Å². The van der Waals surface area contributed by atoms with Crippen LogP contribution in [-0.2, 0) is 14.6 Å². The van der Waals surface area contributed by atoms with Gasteiger partial charge in [0.25, 0.3) is 0 Å². The van der Waals surface area contributed by atoms with Crippen molar-refractivity contribution in [3.8, 4) is 0 Å². The molecule has 1 heterocycles. The lowest BCUT2D eigenvalue weighted by molar-refractivity contribution is -0.121. The minimum absolute atomic E-state index is 0.0647. The molecule has 1 aliphatic heterocycles. The van der Waals surface area contributed by atoms with E-state index in [1.807, 2.05) is 0 Å². The van der Waals surface area contributed by atoms with Crippen molar-refractivity contribution >= 4 is 15.7 Å². The van der Waals surface area contributed by atoms with Crippen LogP contribution < -0.4 is 10.6 Å². The van der Waals surface area contributed by atoms with Crippen LogP contribution in [0.5, 0.6) is 0 Å². The molecule has 7 heteroatoms. The molecular weight excluding hydrogens is 283 g/mol. The predicted molar refractivity (Wildman–Crippen MR) is 72.5 cm³/mol. The summed E-state index contributed by atoms with van der Waals surface area (Å²) in [6, 6.07) is 3.48. The Morgan fingerprint density at radius 2 is 2.15 bits per heavy atom. The smallest absolute Gasteiger partial charge is 0.237 e. The van der Waals surface area contributed by atoms with Gasteiger partial charge in [-0.2, -0.15) is 0 Å². The maximum atomic E-state index is 13.8. The van der Waals surface area contributed by atoms with Crippen molar-refractivity contribution in [3.05, 3.63) is 29.6 Å². The zero-order valence-electron chi connectivity index (χ0n) is 11.3. The van der Waals surface area contributed by atoms with Gasteiger partial charge in [-0.25, -0.2) is 12.8 Å². The monoisotopic (exact) mass is 300 g/mol. The number of hydrogen-bond acceptors (Lipinski definition) is 4. The van der Waals surface area contributed by atoms with Crippen LogP contribution in [-0.4, -0.2) is 33.2 Å². The van der Waals surface area contributed by atoms with Gasteiger partial charge in [-0.1, -0.05) is 6.07 Å². The molecule has 2 N–H and O–H groups in total. The fourth-order valence-corrected chi connectivity index (χ4v) is 2.97. The van der Waals surface area contributed by atoms with Crippen LogP contribution in [0, 0.1) is 5.82 Å². The highest BCUT2D eigenvalue weighted by atomic mass is 32.2. The summed E-state index contributed by atoms with van der Waals surface area (Å²) >= 11 is 0. The minimum Gasteiger partial charge on any atom is -0.355 e. The SMILES string of the molecule is C[C@H](N[C@H]1CCNC1=O)c1ccc(S(C)(=O)=O)c(F)c1. The quantitative estimate of drug-likeness (QED) is 0.861. The van der Waals surface area contributed by atoms with Crippen LogP contribution in [0.4, 0.5) is 4.39 Å². The van der Waals surface area contributed by atoms with E-state index >= 15 is 0 Å². The molecule has 110 valence electrons. The Bertz CT molecular complexity index is 631. The summed E-state index contributed by atoms with van der Waals surface area (Å²) in [5, 5.41) is 5.81. The third-order valence-corrected chi connectivity index (χ3v) is 4.49. The highest BCUT2D eigenvalue weighted by Gasteiger charge is 2.26. The summed E-state index contributed by atoms with van der Waals surface area (Å²) in [5.41, 5.74) is 0.606. The maximum Gasteiger partial charge on any atom is 0.237 e. The molecule has 1 aromatic rings. The zero-order valence-corrected chi connectivity index (χ0v) is 12.1. The van der Waals surface area contributed by atoms with E-state index in [9.17, 15) is 17.6 Å². The van der Waals surface area contributed by atoms with E-state index in [-0.39, 0.29) is 22.9 Å². The number of rotatable bonds is 4. The van der Waals surface area contributed by atoms with E-state index in [0.29, 0.717) is 18.5 Å². The Labute approximate surface area is 117 Å². The largest absolute Gasteiger partial charge is 0.355 e. The van der Waals surface area contributed by atoms with Gasteiger partial charge in [0.1, 0.15) is 10.7 Å². The number of carbonyl (C=O) groups is 1. The molecule has 1 fully saturated rings. The molecule has 1 saturated heterocycles. The number of halogens is 1. The Balaban J connectivity index is 2.17. The maximum absolute atomic E-state index is 13.8. The second-order valence-electron chi connectivity index (χ2n) is 4.98. The Kier molecular flexibility index (Phi) is 4.10. The van der Waals surface area contributed by atoms with Crippen molar-refractivity contribution in [3.63, 3.8) is 0 Å². The van der Waals surface area contributed by atoms with Crippen molar-refractivity contribution in [2.24, 2.45) is 0 Å². The van der Waals surface area contributed by atoms with Crippen LogP contribution in [0.2, 0.25) is 0 Å². The minimum atomic E-state index is -3.57. The molecule has 2 rings (SSSR count). The van der Waals surface area contributed by atoms with Gasteiger partial charge in [0.05, 0.1) is 6.04 Å². The fraction of sp³-hybridized carbons (Fsp3) is 0.462. The summed E-state index contributed by atoms with van der Waals surface area (Å²) in [4.78, 5) is 11.2. The number of carbonyl (C=O) groups excluding carboxylic acids is 1. The average Bonchev–Trinajstić information content (AvgIpc) is 2.73. The van der Waals surface area contributed by atoms with E-state index in [0.717, 1.165) is 6.26 Å². The van der Waals surface area contributed by atoms with E-state index in [1.165, 1.54) is 12.1 Å². The zero-order chi connectivity index (χ0) is 14.9. The first-order valence-corrected chi connectivity index (χ1v) is 8.21. The molecule has 1 aliphatic rings. The summed E-state index contributed by atoms with van der Waals surface area (Å²) in [6.45, 7) is 2.44. The molecule has 0 bridgehead atoms. The molecule has 0 radical (unpaired) electrons. The fourth-order valence-electron chi connectivity index (χ4n) is 2.24. The van der Waals surface area contributed by atoms with E-state index in [1.54, 1.807) is 13.0 Å². The number of benzene rings is 1. The molecule has 0 aromatic heterocycles. The van der Waals surface area contributed by atoms with Crippen LogP contribution in [0.15, 0.2) is 23.1 Å². The molecular formula is C13H17FN2O3S. The number of hydrogen-bond donors (Lipinski definition) is 2. The third-order valence-electron chi connectivity index (χ3n) is 3.36. The number of amides is 1. The normalized spacial score (nSPS) is 20.8. The van der Waals surface area contributed by atoms with Gasteiger partial charge in [-0.05, 0) is 31.0 Å². The highest BCUT2D eigenvalue weighted by Crippen LogP contribution is 2.21. The van der Waals surface area contributed by atoms with Gasteiger partial charge in [0.15, 0.2) is 9.84 Å². The van der Waals surface area contributed by atoms with Gasteiger partial charge >= 0.3 is 0 Å². The van der Waals surface area contributed by atoms with E-state index < -0.39 is 15.7 Å². The molecule has 0 spiro atoms. The highest BCUT2D eigenvalue weighted by molar-refractivity contribution is 7.90. The molecule has 0 aliphatic carbocycles. The number of nitrogens with one attached hydrogen (secondary N) is 2. The lowest BCUT2D eigenvalue weighted by atomic mass is 10.1. The second-order valence-corrected chi connectivity index (χ2v) is 6.97. The Morgan fingerprint density at radius 3 is 2.65 bits per heavy atom. The summed E-state index contributed by atoms with van der Waals surface area (Å²) in [6.07, 6.45) is 1.66. The summed E-state index contributed by atoms with van der Waals surface area (Å²) in [7, 11) is -3.57. The van der Waals surface area contributed by atoms with E-state index in [4.69, 9.17) is 0 Å². The van der Waals surface area contributed by atoms with Crippen molar-refractivity contribution in [1.29, 1.82) is 0 Å². The van der Waals surface area contributed by atoms with Gasteiger partial charge in [0.2, 0.25) is 5.91 Å². The van der Waals surface area contributed by atoms with Crippen LogP contribution in [0.1, 0.15) is 24.9 Å². The van der Waals surface area contributed by atoms with Crippen molar-refractivity contribution in [2.45, 2.75) is 30.3 Å². The molecule has 0 saturated carbocycles. The first-order chi connectivity index (χ1) is 9.29. The third kappa shape index (κ3) is 3.16. The van der Waals surface area contributed by atoms with Gasteiger partial charge in [-0.3, -0.25) is 10.1 Å². The van der Waals surface area contributed by atoms with Crippen LogP contribution in [0.3, 0.4) is 0 Å². The van der Waals surface area contributed by atoms with Gasteiger partial charge < -0.3 is 5.32 Å². The Morgan fingerprint density at radius 1 is 1.45 bits per heavy atom. The van der Waals surface area contributed by atoms with Crippen molar-refractivity contribution in [1.82, 2.24) is 10.6 Å². The molecule has 0 unspecified atom stereocenters. The molecule has 1 aromatic carbocycles. The van der Waals surface area contributed by atoms with Crippen LogP contribution >= 0.6 is 0 Å². The first kappa shape index (κ1) is 14.9. The average molecular weight is 300 g/mol. The molecule has 1 amide bonds. The topological polar surface area (TPSA) is 75.3 Å². The summed E-state index contributed by atoms with van der Waals surface area (Å²) in [5.74, 6) is -0.834. The van der Waals surface area contributed by atoms with E-state index in [2.05, 4.69) is 10.6 Å². The number of sulfone groups is 1. The van der Waals surface area contributed by atoms with Crippen molar-refractivity contribution < 1.29 is 17.6 Å².